The van der Waals surface area contributed by atoms with Crippen LogP contribution in [-0.2, 0) is 29.5 Å². The van der Waals surface area contributed by atoms with Crippen LogP contribution in [0.15, 0.2) is 27.6 Å². The zero-order valence-electron chi connectivity index (χ0n) is 13.9. The molecule has 0 aliphatic carbocycles. The summed E-state index contributed by atoms with van der Waals surface area (Å²) in [6.07, 6.45) is 2.73. The van der Waals surface area contributed by atoms with E-state index in [4.69, 9.17) is 10.3 Å². The summed E-state index contributed by atoms with van der Waals surface area (Å²) < 4.78 is 32.2. The molecule has 0 spiro atoms. The second kappa shape index (κ2) is 6.40. The van der Waals surface area contributed by atoms with Crippen molar-refractivity contribution in [3.63, 3.8) is 0 Å². The number of rotatable bonds is 5. The van der Waals surface area contributed by atoms with Gasteiger partial charge in [-0.25, -0.2) is 8.42 Å². The molecule has 2 aliphatic heterocycles. The van der Waals surface area contributed by atoms with Crippen LogP contribution in [0.25, 0.3) is 0 Å². The number of nitrogens with zero attached hydrogens (tertiary/aromatic N) is 4. The molecule has 2 aromatic rings. The van der Waals surface area contributed by atoms with Crippen molar-refractivity contribution in [2.24, 2.45) is 5.73 Å². The first-order valence-corrected chi connectivity index (χ1v) is 9.91. The van der Waals surface area contributed by atoms with Gasteiger partial charge in [-0.3, -0.25) is 0 Å². The molecule has 4 rings (SSSR count). The zero-order valence-corrected chi connectivity index (χ0v) is 14.7. The van der Waals surface area contributed by atoms with E-state index >= 15 is 0 Å². The zero-order chi connectivity index (χ0) is 17.4. The van der Waals surface area contributed by atoms with Crippen LogP contribution in [0.4, 0.5) is 5.69 Å². The van der Waals surface area contributed by atoms with Crippen LogP contribution in [-0.4, -0.2) is 42.5 Å². The van der Waals surface area contributed by atoms with Crippen molar-refractivity contribution in [3.05, 3.63) is 35.5 Å². The summed E-state index contributed by atoms with van der Waals surface area (Å²) in [5, 5.41) is 3.92. The molecule has 1 aromatic heterocycles. The fraction of sp³-hybridized carbons (Fsp3) is 0.500. The van der Waals surface area contributed by atoms with Crippen molar-refractivity contribution in [1.82, 2.24) is 14.4 Å². The molecule has 0 bridgehead atoms. The highest BCUT2D eigenvalue weighted by atomic mass is 32.2. The third-order valence-electron chi connectivity index (χ3n) is 4.77. The third-order valence-corrected chi connectivity index (χ3v) is 6.66. The van der Waals surface area contributed by atoms with Crippen LogP contribution in [0.1, 0.15) is 30.1 Å². The lowest BCUT2D eigenvalue weighted by Gasteiger charge is -2.20. The molecule has 1 fully saturated rings. The number of benzene rings is 1. The minimum Gasteiger partial charge on any atom is -0.363 e. The maximum atomic E-state index is 12.8. The van der Waals surface area contributed by atoms with Gasteiger partial charge in [-0.05, 0) is 37.0 Å². The van der Waals surface area contributed by atoms with Gasteiger partial charge in [-0.1, -0.05) is 11.2 Å². The van der Waals surface area contributed by atoms with Gasteiger partial charge in [0.05, 0.1) is 18.0 Å². The van der Waals surface area contributed by atoms with Crippen molar-refractivity contribution in [1.29, 1.82) is 0 Å². The van der Waals surface area contributed by atoms with E-state index in [1.165, 1.54) is 0 Å². The summed E-state index contributed by atoms with van der Waals surface area (Å²) in [5.74, 6) is 0.959. The van der Waals surface area contributed by atoms with E-state index in [-0.39, 0.29) is 6.54 Å². The second-order valence-corrected chi connectivity index (χ2v) is 8.32. The van der Waals surface area contributed by atoms with Gasteiger partial charge in [-0.15, -0.1) is 0 Å². The topological polar surface area (TPSA) is 106 Å². The van der Waals surface area contributed by atoms with E-state index in [9.17, 15) is 8.42 Å². The predicted molar refractivity (Wildman–Crippen MR) is 91.4 cm³/mol. The lowest BCUT2D eigenvalue weighted by molar-refractivity contribution is 0.374. The van der Waals surface area contributed by atoms with Crippen molar-refractivity contribution >= 4 is 15.7 Å². The molecule has 25 heavy (non-hydrogen) atoms. The molecule has 2 N–H and O–H groups in total. The molecule has 0 radical (unpaired) electrons. The summed E-state index contributed by atoms with van der Waals surface area (Å²) in [4.78, 5) is 6.67. The number of sulfonamides is 1. The Morgan fingerprint density at radius 2 is 2.00 bits per heavy atom. The Labute approximate surface area is 146 Å². The van der Waals surface area contributed by atoms with Gasteiger partial charge in [0.15, 0.2) is 5.82 Å². The summed E-state index contributed by atoms with van der Waals surface area (Å²) in [5.41, 5.74) is 7.57. The normalized spacial score (nSPS) is 18.0. The highest BCUT2D eigenvalue weighted by Gasteiger charge is 2.29. The van der Waals surface area contributed by atoms with Gasteiger partial charge in [0.2, 0.25) is 15.9 Å². The third kappa shape index (κ3) is 3.03. The molecule has 0 amide bonds. The van der Waals surface area contributed by atoms with Gasteiger partial charge in [0.25, 0.3) is 0 Å². The van der Waals surface area contributed by atoms with E-state index < -0.39 is 10.0 Å². The Bertz CT molecular complexity index is 874. The number of aromatic nitrogens is 2. The average Bonchev–Trinajstić information content (AvgIpc) is 3.36. The highest BCUT2D eigenvalue weighted by Crippen LogP contribution is 2.33. The molecule has 8 nitrogen and oxygen atoms in total. The van der Waals surface area contributed by atoms with E-state index in [2.05, 4.69) is 15.0 Å². The largest absolute Gasteiger partial charge is 0.363 e. The van der Waals surface area contributed by atoms with Gasteiger partial charge in [0, 0.05) is 25.3 Å². The number of hydrogen-bond acceptors (Lipinski definition) is 7. The monoisotopic (exact) mass is 363 g/mol. The highest BCUT2D eigenvalue weighted by molar-refractivity contribution is 7.89. The van der Waals surface area contributed by atoms with Crippen molar-refractivity contribution in [3.8, 4) is 0 Å². The molecule has 2 aliphatic rings. The van der Waals surface area contributed by atoms with E-state index in [0.29, 0.717) is 36.2 Å². The molecule has 0 unspecified atom stereocenters. The average molecular weight is 363 g/mol. The molecule has 3 heterocycles. The smallest absolute Gasteiger partial charge is 0.243 e. The molecule has 0 saturated carbocycles. The molecule has 0 atom stereocenters. The van der Waals surface area contributed by atoms with E-state index in [1.54, 1.807) is 16.4 Å². The maximum Gasteiger partial charge on any atom is 0.243 e. The summed E-state index contributed by atoms with van der Waals surface area (Å²) in [7, 11) is -3.42. The quantitative estimate of drug-likeness (QED) is 0.840. The number of nitrogens with two attached hydrogens (primary N) is 1. The van der Waals surface area contributed by atoms with Crippen LogP contribution in [0, 0.1) is 0 Å². The number of fused-ring (bicyclic) bond motifs is 1. The standard InChI is InChI=1S/C16H21N5O3S/c17-10-16-18-15(19-24-16)11-20-8-5-12-3-4-13(9-14(12)20)25(22,23)21-6-1-2-7-21/h3-4,9H,1-2,5-8,10-11,17H2. The maximum absolute atomic E-state index is 12.8. The fourth-order valence-electron chi connectivity index (χ4n) is 3.44. The number of anilines is 1. The van der Waals surface area contributed by atoms with Gasteiger partial charge < -0.3 is 15.2 Å². The van der Waals surface area contributed by atoms with E-state index in [0.717, 1.165) is 37.1 Å². The molecular formula is C16H21N5O3S. The summed E-state index contributed by atoms with van der Waals surface area (Å²) in [6, 6.07) is 5.41. The SMILES string of the molecule is NCc1nc(CN2CCc3ccc(S(=O)(=O)N4CCCC4)cc32)no1. The molecular weight excluding hydrogens is 342 g/mol. The van der Waals surface area contributed by atoms with Gasteiger partial charge in [0.1, 0.15) is 0 Å². The van der Waals surface area contributed by atoms with Crippen LogP contribution >= 0.6 is 0 Å². The number of hydrogen-bond donors (Lipinski definition) is 1. The second-order valence-electron chi connectivity index (χ2n) is 6.38. The lowest BCUT2D eigenvalue weighted by Crippen LogP contribution is -2.28. The van der Waals surface area contributed by atoms with Crippen LogP contribution in [0.3, 0.4) is 0 Å². The fourth-order valence-corrected chi connectivity index (χ4v) is 4.97. The van der Waals surface area contributed by atoms with E-state index in [1.807, 2.05) is 6.07 Å². The molecule has 1 saturated heterocycles. The van der Waals surface area contributed by atoms with Crippen LogP contribution in [0.2, 0.25) is 0 Å². The molecule has 134 valence electrons. The Hall–Kier alpha value is -1.97. The Morgan fingerprint density at radius 3 is 2.72 bits per heavy atom. The van der Waals surface area contributed by atoms with Gasteiger partial charge >= 0.3 is 0 Å². The van der Waals surface area contributed by atoms with Crippen molar-refractivity contribution in [2.45, 2.75) is 37.2 Å². The van der Waals surface area contributed by atoms with Crippen LogP contribution in [0.5, 0.6) is 0 Å². The first kappa shape index (κ1) is 16.5. The lowest BCUT2D eigenvalue weighted by atomic mass is 10.2. The predicted octanol–water partition coefficient (Wildman–Crippen LogP) is 0.875. The summed E-state index contributed by atoms with van der Waals surface area (Å²) in [6.45, 7) is 2.70. The first-order valence-electron chi connectivity index (χ1n) is 8.47. The van der Waals surface area contributed by atoms with Crippen molar-refractivity contribution in [2.75, 3.05) is 24.5 Å². The van der Waals surface area contributed by atoms with Crippen LogP contribution < -0.4 is 10.6 Å². The molecule has 9 heteroatoms. The Kier molecular flexibility index (Phi) is 4.22. The minimum atomic E-state index is -3.42. The van der Waals surface area contributed by atoms with Crippen molar-refractivity contribution < 1.29 is 12.9 Å². The Balaban J connectivity index is 1.60. The minimum absolute atomic E-state index is 0.210. The molecule has 1 aromatic carbocycles. The van der Waals surface area contributed by atoms with Gasteiger partial charge in [-0.2, -0.15) is 9.29 Å². The summed E-state index contributed by atoms with van der Waals surface area (Å²) >= 11 is 0. The first-order chi connectivity index (χ1) is 12.1. The Morgan fingerprint density at radius 1 is 1.20 bits per heavy atom.